The Bertz CT molecular complexity index is 1020. The maximum Gasteiger partial charge on any atom is 0.338 e. The summed E-state index contributed by atoms with van der Waals surface area (Å²) in [5, 5.41) is 0. The van der Waals surface area contributed by atoms with Gasteiger partial charge in [0.2, 0.25) is 0 Å². The van der Waals surface area contributed by atoms with Gasteiger partial charge in [0, 0.05) is 17.5 Å². The Labute approximate surface area is 198 Å². The molecule has 0 saturated heterocycles. The fraction of sp³-hybridized carbons (Fsp3) is 0.654. The third-order valence-corrected chi connectivity index (χ3v) is 6.27. The monoisotopic (exact) mass is 460 g/mol. The van der Waals surface area contributed by atoms with Gasteiger partial charge in [0.15, 0.2) is 0 Å². The van der Waals surface area contributed by atoms with Crippen LogP contribution in [0.5, 0.6) is 0 Å². The van der Waals surface area contributed by atoms with Crippen molar-refractivity contribution in [1.82, 2.24) is 13.7 Å². The van der Waals surface area contributed by atoms with Crippen LogP contribution in [-0.4, -0.2) is 13.7 Å². The van der Waals surface area contributed by atoms with E-state index >= 15 is 0 Å². The highest BCUT2D eigenvalue weighted by atomic mass is 16.2. The van der Waals surface area contributed by atoms with Crippen LogP contribution in [0.25, 0.3) is 0 Å². The number of nitrogens with zero attached hydrogens (tertiary/aromatic N) is 3. The van der Waals surface area contributed by atoms with Gasteiger partial charge in [0.1, 0.15) is 5.66 Å². The molecule has 1 aromatic heterocycles. The van der Waals surface area contributed by atoms with Crippen molar-refractivity contribution < 1.29 is 0 Å². The zero-order valence-electron chi connectivity index (χ0n) is 22.1. The SMILES string of the molecule is C=CC(C)(C)Cn1c(=O)n(C(C)(C)CC(C)(C)C=C)c(=O)n(C(C)(N)CC(C)(C)C=C)c1=O. The predicted molar refractivity (Wildman–Crippen MR) is 138 cm³/mol. The summed E-state index contributed by atoms with van der Waals surface area (Å²) in [7, 11) is 0. The lowest BCUT2D eigenvalue weighted by atomic mass is 9.80. The summed E-state index contributed by atoms with van der Waals surface area (Å²) in [4.78, 5) is 41.0. The summed E-state index contributed by atoms with van der Waals surface area (Å²) < 4.78 is 3.31. The van der Waals surface area contributed by atoms with Gasteiger partial charge in [-0.3, -0.25) is 0 Å². The van der Waals surface area contributed by atoms with Crippen LogP contribution in [0, 0.1) is 16.2 Å². The number of hydrogen-bond donors (Lipinski definition) is 1. The smallest absolute Gasteiger partial charge is 0.308 e. The second-order valence-corrected chi connectivity index (χ2v) is 12.2. The van der Waals surface area contributed by atoms with E-state index in [9.17, 15) is 14.4 Å². The van der Waals surface area contributed by atoms with Gasteiger partial charge >= 0.3 is 17.1 Å². The molecule has 1 unspecified atom stereocenters. The van der Waals surface area contributed by atoms with E-state index in [0.29, 0.717) is 6.42 Å². The van der Waals surface area contributed by atoms with Crippen molar-refractivity contribution in [3.63, 3.8) is 0 Å². The first-order valence-electron chi connectivity index (χ1n) is 11.4. The van der Waals surface area contributed by atoms with E-state index in [1.54, 1.807) is 25.2 Å². The van der Waals surface area contributed by atoms with Gasteiger partial charge in [-0.2, -0.15) is 0 Å². The van der Waals surface area contributed by atoms with Gasteiger partial charge in [0.05, 0.1) is 0 Å². The zero-order valence-corrected chi connectivity index (χ0v) is 22.1. The fourth-order valence-corrected chi connectivity index (χ4v) is 4.49. The van der Waals surface area contributed by atoms with Gasteiger partial charge in [-0.05, 0) is 44.4 Å². The standard InChI is InChI=1S/C26H44N4O3/c1-13-22(4,5)16-25(10,11)29-19(31)28(18-24(8,9)15-3)20(32)30(21(29)33)26(12,27)17-23(6,7)14-2/h13-15H,1-3,16-18,27H2,4-12H3. The van der Waals surface area contributed by atoms with Crippen molar-refractivity contribution >= 4 is 0 Å². The number of hydrogen-bond acceptors (Lipinski definition) is 4. The molecule has 0 radical (unpaired) electrons. The van der Waals surface area contributed by atoms with E-state index in [2.05, 4.69) is 19.7 Å². The van der Waals surface area contributed by atoms with Crippen molar-refractivity contribution in [3.05, 3.63) is 69.4 Å². The molecule has 0 spiro atoms. The molecule has 0 aromatic carbocycles. The van der Waals surface area contributed by atoms with E-state index < -0.39 is 39.1 Å². The second-order valence-electron chi connectivity index (χ2n) is 12.2. The van der Waals surface area contributed by atoms with E-state index in [1.807, 2.05) is 55.4 Å². The first-order valence-corrected chi connectivity index (χ1v) is 11.4. The zero-order chi connectivity index (χ0) is 26.2. The fourth-order valence-electron chi connectivity index (χ4n) is 4.49. The number of allylic oxidation sites excluding steroid dienone is 3. The summed E-state index contributed by atoms with van der Waals surface area (Å²) in [6, 6.07) is 0. The maximum atomic E-state index is 13.8. The molecule has 0 fully saturated rings. The second kappa shape index (κ2) is 9.09. The molecule has 0 aliphatic heterocycles. The van der Waals surface area contributed by atoms with Crippen LogP contribution in [0.15, 0.2) is 52.3 Å². The van der Waals surface area contributed by atoms with Crippen molar-refractivity contribution in [1.29, 1.82) is 0 Å². The minimum absolute atomic E-state index is 0.0658. The molecular weight excluding hydrogens is 416 g/mol. The Morgan fingerprint density at radius 2 is 1.06 bits per heavy atom. The topological polar surface area (TPSA) is 92.0 Å². The van der Waals surface area contributed by atoms with Gasteiger partial charge in [-0.25, -0.2) is 28.1 Å². The number of nitrogens with two attached hydrogens (primary N) is 1. The number of aromatic nitrogens is 3. The molecule has 186 valence electrons. The van der Waals surface area contributed by atoms with Crippen LogP contribution in [0.2, 0.25) is 0 Å². The minimum Gasteiger partial charge on any atom is -0.308 e. The molecule has 1 atom stereocenters. The van der Waals surface area contributed by atoms with Crippen LogP contribution in [-0.2, 0) is 17.7 Å². The molecule has 0 saturated carbocycles. The van der Waals surface area contributed by atoms with E-state index in [-0.39, 0.29) is 18.4 Å². The van der Waals surface area contributed by atoms with Crippen LogP contribution in [0.4, 0.5) is 0 Å². The largest absolute Gasteiger partial charge is 0.338 e. The summed E-state index contributed by atoms with van der Waals surface area (Å²) in [6.45, 7) is 28.5. The molecule has 0 bridgehead atoms. The molecular formula is C26H44N4O3. The molecule has 0 amide bonds. The van der Waals surface area contributed by atoms with Crippen LogP contribution >= 0.6 is 0 Å². The van der Waals surface area contributed by atoms with Gasteiger partial charge < -0.3 is 5.73 Å². The van der Waals surface area contributed by atoms with Crippen molar-refractivity contribution in [2.45, 2.75) is 92.9 Å². The average Bonchev–Trinajstić information content (AvgIpc) is 2.63. The van der Waals surface area contributed by atoms with Crippen LogP contribution < -0.4 is 22.8 Å². The molecule has 1 aromatic rings. The summed E-state index contributed by atoms with van der Waals surface area (Å²) in [5.74, 6) is 0. The molecule has 1 rings (SSSR count). The van der Waals surface area contributed by atoms with Crippen molar-refractivity contribution in [3.8, 4) is 0 Å². The van der Waals surface area contributed by atoms with E-state index in [0.717, 1.165) is 9.13 Å². The third kappa shape index (κ3) is 6.34. The Balaban J connectivity index is 4.12. The average molecular weight is 461 g/mol. The lowest BCUT2D eigenvalue weighted by Crippen LogP contribution is -2.65. The Morgan fingerprint density at radius 1 is 0.667 bits per heavy atom. The molecule has 0 aliphatic carbocycles. The number of rotatable bonds is 11. The van der Waals surface area contributed by atoms with Gasteiger partial charge in [-0.15, -0.1) is 19.7 Å². The Hall–Kier alpha value is -2.41. The maximum absolute atomic E-state index is 13.8. The Morgan fingerprint density at radius 3 is 1.48 bits per heavy atom. The third-order valence-electron chi connectivity index (χ3n) is 6.27. The highest BCUT2D eigenvalue weighted by Crippen LogP contribution is 2.33. The normalized spacial score (nSPS) is 15.1. The van der Waals surface area contributed by atoms with Crippen molar-refractivity contribution in [2.24, 2.45) is 22.0 Å². The highest BCUT2D eigenvalue weighted by Gasteiger charge is 2.38. The molecule has 0 aliphatic rings. The molecule has 7 nitrogen and oxygen atoms in total. The summed E-state index contributed by atoms with van der Waals surface area (Å²) in [6.07, 6.45) is 5.97. The molecule has 33 heavy (non-hydrogen) atoms. The van der Waals surface area contributed by atoms with Gasteiger partial charge in [-0.1, -0.05) is 59.8 Å². The first kappa shape index (κ1) is 28.6. The molecule has 1 heterocycles. The first-order chi connectivity index (χ1) is 14.7. The lowest BCUT2D eigenvalue weighted by Gasteiger charge is -2.38. The van der Waals surface area contributed by atoms with E-state index in [4.69, 9.17) is 5.73 Å². The quantitative estimate of drug-likeness (QED) is 0.506. The minimum atomic E-state index is -1.36. The lowest BCUT2D eigenvalue weighted by molar-refractivity contribution is 0.164. The highest BCUT2D eigenvalue weighted by molar-refractivity contribution is 5.00. The van der Waals surface area contributed by atoms with Crippen LogP contribution in [0.1, 0.15) is 75.2 Å². The van der Waals surface area contributed by atoms with Crippen molar-refractivity contribution in [2.75, 3.05) is 0 Å². The predicted octanol–water partition coefficient (Wildman–Crippen LogP) is 3.96. The summed E-state index contributed by atoms with van der Waals surface area (Å²) >= 11 is 0. The van der Waals surface area contributed by atoms with E-state index in [1.165, 1.54) is 4.57 Å². The molecule has 7 heteroatoms. The molecule has 2 N–H and O–H groups in total. The Kier molecular flexibility index (Phi) is 7.88. The summed E-state index contributed by atoms with van der Waals surface area (Å²) in [5.41, 5.74) is 0.927. The van der Waals surface area contributed by atoms with Gasteiger partial charge in [0.25, 0.3) is 0 Å². The van der Waals surface area contributed by atoms with Crippen LogP contribution in [0.3, 0.4) is 0 Å².